The second-order valence-electron chi connectivity index (χ2n) is 9.30. The van der Waals surface area contributed by atoms with Crippen LogP contribution in [-0.2, 0) is 28.5 Å². The molecule has 2 aliphatic heterocycles. The Morgan fingerprint density at radius 3 is 2.35 bits per heavy atom. The van der Waals surface area contributed by atoms with Gasteiger partial charge in [-0.15, -0.1) is 0 Å². The Kier molecular flexibility index (Phi) is 6.86. The normalized spacial score (nSPS) is 24.2. The van der Waals surface area contributed by atoms with Crippen molar-refractivity contribution in [1.29, 1.82) is 0 Å². The largest absolute Gasteiger partial charge is 0.491 e. The average molecular weight is 505 g/mol. The Morgan fingerprint density at radius 2 is 1.59 bits per heavy atom. The summed E-state index contributed by atoms with van der Waals surface area (Å²) in [5.74, 6) is -1.70. The van der Waals surface area contributed by atoms with E-state index in [0.717, 1.165) is 10.8 Å². The summed E-state index contributed by atoms with van der Waals surface area (Å²) in [6.45, 7) is 3.64. The van der Waals surface area contributed by atoms with Crippen molar-refractivity contribution < 1.29 is 38.0 Å². The minimum atomic E-state index is -1.03. The van der Waals surface area contributed by atoms with Crippen LogP contribution >= 0.6 is 0 Å². The van der Waals surface area contributed by atoms with Gasteiger partial charge in [-0.3, -0.25) is 0 Å². The van der Waals surface area contributed by atoms with Crippen molar-refractivity contribution in [1.82, 2.24) is 0 Å². The Hall–Kier alpha value is -3.88. The van der Waals surface area contributed by atoms with Gasteiger partial charge in [-0.05, 0) is 48.9 Å². The molecule has 3 aromatic rings. The molecule has 0 spiro atoms. The molecular formula is C29H28O8. The summed E-state index contributed by atoms with van der Waals surface area (Å²) < 4.78 is 35.1. The van der Waals surface area contributed by atoms with E-state index in [1.807, 2.05) is 42.5 Å². The summed E-state index contributed by atoms with van der Waals surface area (Å²) in [5, 5.41) is 2.15. The SMILES string of the molecule is COC(=O)C1=C[C@@H](OC(=O)c2ccccc2)[C@H]2OC(C)(C)OC(COc3ccc4ccccc4c3)[C@H]2O1. The predicted octanol–water partition coefficient (Wildman–Crippen LogP) is 4.42. The molecule has 0 bridgehead atoms. The molecule has 0 aliphatic carbocycles. The number of esters is 2. The van der Waals surface area contributed by atoms with Crippen LogP contribution in [0.5, 0.6) is 5.75 Å². The lowest BCUT2D eigenvalue weighted by Crippen LogP contribution is -2.62. The van der Waals surface area contributed by atoms with Crippen LogP contribution in [0.4, 0.5) is 0 Å². The number of hydrogen-bond donors (Lipinski definition) is 0. The molecule has 0 N–H and O–H groups in total. The van der Waals surface area contributed by atoms with Gasteiger partial charge in [0.15, 0.2) is 18.0 Å². The lowest BCUT2D eigenvalue weighted by atomic mass is 9.96. The number of methoxy groups -OCH3 is 1. The highest BCUT2D eigenvalue weighted by Gasteiger charge is 2.52. The zero-order valence-corrected chi connectivity index (χ0v) is 20.8. The summed E-state index contributed by atoms with van der Waals surface area (Å²) in [5.41, 5.74) is 0.376. The second-order valence-corrected chi connectivity index (χ2v) is 9.30. The first-order valence-corrected chi connectivity index (χ1v) is 12.0. The number of benzene rings is 3. The van der Waals surface area contributed by atoms with Crippen molar-refractivity contribution in [3.05, 3.63) is 90.2 Å². The molecule has 2 heterocycles. The number of hydrogen-bond acceptors (Lipinski definition) is 8. The van der Waals surface area contributed by atoms with E-state index in [9.17, 15) is 9.59 Å². The van der Waals surface area contributed by atoms with Crippen LogP contribution in [0.2, 0.25) is 0 Å². The molecule has 8 nitrogen and oxygen atoms in total. The predicted molar refractivity (Wildman–Crippen MR) is 134 cm³/mol. The van der Waals surface area contributed by atoms with E-state index in [2.05, 4.69) is 0 Å². The van der Waals surface area contributed by atoms with Gasteiger partial charge in [-0.2, -0.15) is 0 Å². The van der Waals surface area contributed by atoms with Crippen molar-refractivity contribution in [2.45, 2.75) is 44.1 Å². The highest BCUT2D eigenvalue weighted by molar-refractivity contribution is 5.90. The van der Waals surface area contributed by atoms with Crippen LogP contribution in [0.1, 0.15) is 24.2 Å². The highest BCUT2D eigenvalue weighted by atomic mass is 16.7. The molecule has 0 radical (unpaired) electrons. The fraction of sp³-hybridized carbons (Fsp3) is 0.310. The van der Waals surface area contributed by atoms with Gasteiger partial charge in [0, 0.05) is 6.08 Å². The van der Waals surface area contributed by atoms with Crippen molar-refractivity contribution in [3.63, 3.8) is 0 Å². The Bertz CT molecular complexity index is 1320. The van der Waals surface area contributed by atoms with Crippen LogP contribution < -0.4 is 4.74 Å². The molecule has 1 fully saturated rings. The third-order valence-electron chi connectivity index (χ3n) is 6.22. The van der Waals surface area contributed by atoms with E-state index in [1.54, 1.807) is 44.2 Å². The Labute approximate surface area is 214 Å². The van der Waals surface area contributed by atoms with E-state index in [0.29, 0.717) is 11.3 Å². The lowest BCUT2D eigenvalue weighted by molar-refractivity contribution is -0.349. The number of carbonyl (C=O) groups excluding carboxylic acids is 2. The van der Waals surface area contributed by atoms with Crippen LogP contribution in [0.15, 0.2) is 84.6 Å². The van der Waals surface area contributed by atoms with Crippen molar-refractivity contribution >= 4 is 22.7 Å². The van der Waals surface area contributed by atoms with E-state index >= 15 is 0 Å². The van der Waals surface area contributed by atoms with Crippen molar-refractivity contribution in [2.75, 3.05) is 13.7 Å². The van der Waals surface area contributed by atoms with Crippen LogP contribution in [-0.4, -0.2) is 55.9 Å². The minimum Gasteiger partial charge on any atom is -0.491 e. The summed E-state index contributed by atoms with van der Waals surface area (Å²) >= 11 is 0. The van der Waals surface area contributed by atoms with E-state index in [1.165, 1.54) is 13.2 Å². The molecule has 8 heteroatoms. The van der Waals surface area contributed by atoms with Gasteiger partial charge in [-0.25, -0.2) is 9.59 Å². The molecule has 4 atom stereocenters. The molecule has 3 aromatic carbocycles. The fourth-order valence-electron chi connectivity index (χ4n) is 4.54. The number of ether oxygens (including phenoxy) is 6. The molecule has 2 aliphatic rings. The molecule has 37 heavy (non-hydrogen) atoms. The molecular weight excluding hydrogens is 476 g/mol. The monoisotopic (exact) mass is 504 g/mol. The van der Waals surface area contributed by atoms with Gasteiger partial charge in [0.1, 0.15) is 24.6 Å². The molecule has 192 valence electrons. The highest BCUT2D eigenvalue weighted by Crippen LogP contribution is 2.37. The van der Waals surface area contributed by atoms with Gasteiger partial charge in [0.25, 0.3) is 0 Å². The smallest absolute Gasteiger partial charge is 0.373 e. The Morgan fingerprint density at radius 1 is 0.865 bits per heavy atom. The minimum absolute atomic E-state index is 0.0859. The topological polar surface area (TPSA) is 89.5 Å². The lowest BCUT2D eigenvalue weighted by Gasteiger charge is -2.48. The van der Waals surface area contributed by atoms with Crippen LogP contribution in [0.3, 0.4) is 0 Å². The molecule has 5 rings (SSSR count). The first-order valence-electron chi connectivity index (χ1n) is 12.0. The van der Waals surface area contributed by atoms with Crippen LogP contribution in [0.25, 0.3) is 10.8 Å². The van der Waals surface area contributed by atoms with Gasteiger partial charge < -0.3 is 28.4 Å². The summed E-state index contributed by atoms with van der Waals surface area (Å²) in [7, 11) is 1.25. The average Bonchev–Trinajstić information content (AvgIpc) is 2.91. The van der Waals surface area contributed by atoms with Gasteiger partial charge in [0.2, 0.25) is 5.76 Å². The van der Waals surface area contributed by atoms with Crippen LogP contribution in [0, 0.1) is 0 Å². The Balaban J connectivity index is 1.40. The first-order chi connectivity index (χ1) is 17.8. The number of carbonyl (C=O) groups is 2. The van der Waals surface area contributed by atoms with Crippen molar-refractivity contribution in [2.24, 2.45) is 0 Å². The summed E-state index contributed by atoms with van der Waals surface area (Å²) in [6.07, 6.45) is -1.72. The molecule has 0 saturated carbocycles. The number of rotatable bonds is 6. The first kappa shape index (κ1) is 24.8. The van der Waals surface area contributed by atoms with Gasteiger partial charge in [0.05, 0.1) is 12.7 Å². The third-order valence-corrected chi connectivity index (χ3v) is 6.22. The molecule has 0 amide bonds. The maximum Gasteiger partial charge on any atom is 0.373 e. The maximum absolute atomic E-state index is 12.9. The number of fused-ring (bicyclic) bond motifs is 2. The molecule has 0 aromatic heterocycles. The second kappa shape index (κ2) is 10.2. The molecule has 1 saturated heterocycles. The van der Waals surface area contributed by atoms with Gasteiger partial charge >= 0.3 is 11.9 Å². The zero-order chi connectivity index (χ0) is 26.0. The molecule has 1 unspecified atom stereocenters. The van der Waals surface area contributed by atoms with Gasteiger partial charge in [-0.1, -0.05) is 48.5 Å². The summed E-state index contributed by atoms with van der Waals surface area (Å²) in [6, 6.07) is 22.4. The van der Waals surface area contributed by atoms with E-state index < -0.39 is 42.1 Å². The maximum atomic E-state index is 12.9. The third kappa shape index (κ3) is 5.45. The quantitative estimate of drug-likeness (QED) is 0.456. The summed E-state index contributed by atoms with van der Waals surface area (Å²) in [4.78, 5) is 25.3. The fourth-order valence-corrected chi connectivity index (χ4v) is 4.54. The van der Waals surface area contributed by atoms with E-state index in [-0.39, 0.29) is 12.4 Å². The zero-order valence-electron chi connectivity index (χ0n) is 20.8. The van der Waals surface area contributed by atoms with Crippen molar-refractivity contribution in [3.8, 4) is 5.75 Å². The van der Waals surface area contributed by atoms with E-state index in [4.69, 9.17) is 28.4 Å². The standard InChI is InChI=1S/C29H28O8/c1-29(2)36-24(17-33-21-14-13-18-9-7-8-12-20(18)15-21)25-26(37-29)22(16-23(34-25)28(31)32-3)35-27(30)19-10-5-4-6-11-19/h4-16,22,24-26H,17H2,1-3H3/t22-,24?,25-,26-/m1/s1.